The molecule has 0 unspecified atom stereocenters. The van der Waals surface area contributed by atoms with Crippen LogP contribution in [0.1, 0.15) is 91.7 Å². The van der Waals surface area contributed by atoms with Gasteiger partial charge in [-0.3, -0.25) is 58.7 Å². The predicted octanol–water partition coefficient (Wildman–Crippen LogP) is -3.07. The molecule has 2 heterocycles. The van der Waals surface area contributed by atoms with Crippen LogP contribution in [-0.2, 0) is 60.8 Å². The van der Waals surface area contributed by atoms with Crippen molar-refractivity contribution >= 4 is 86.9 Å². The number of primary amides is 1. The van der Waals surface area contributed by atoms with E-state index in [0.717, 1.165) is 10.9 Å². The molecule has 4 rings (SSSR count). The van der Waals surface area contributed by atoms with Gasteiger partial charge in [0.15, 0.2) is 5.96 Å². The van der Waals surface area contributed by atoms with Gasteiger partial charge in [-0.2, -0.15) is 0 Å². The van der Waals surface area contributed by atoms with Crippen LogP contribution in [0.3, 0.4) is 0 Å². The second kappa shape index (κ2) is 34.6. The van der Waals surface area contributed by atoms with Crippen molar-refractivity contribution in [1.82, 2.24) is 63.1 Å². The predicted molar refractivity (Wildman–Crippen MR) is 323 cm³/mol. The summed E-state index contributed by atoms with van der Waals surface area (Å²) in [7, 11) is 0. The summed E-state index contributed by atoms with van der Waals surface area (Å²) in [5, 5.41) is 86.3. The zero-order valence-electron chi connectivity index (χ0n) is 50.4. The van der Waals surface area contributed by atoms with Gasteiger partial charge >= 0.3 is 5.97 Å². The molecule has 30 heteroatoms. The molecule has 0 aliphatic heterocycles. The second-order valence-corrected chi connectivity index (χ2v) is 22.7. The summed E-state index contributed by atoms with van der Waals surface area (Å²) < 4.78 is 0. The topological polar surface area (TPSA) is 500 Å². The number of carboxylic acid groups (broad SMARTS) is 1. The fourth-order valence-electron chi connectivity index (χ4n) is 9.44. The fraction of sp³-hybridized carbons (Fsp3) is 0.534. The second-order valence-electron chi connectivity index (χ2n) is 22.7. The molecule has 22 N–H and O–H groups in total. The Balaban J connectivity index is 1.60. The van der Waals surface area contributed by atoms with Crippen molar-refractivity contribution in [3.05, 3.63) is 72.1 Å². The molecule has 4 aromatic rings. The maximum absolute atomic E-state index is 14.7. The molecule has 88 heavy (non-hydrogen) atoms. The van der Waals surface area contributed by atoms with Crippen LogP contribution >= 0.6 is 0 Å². The first-order valence-corrected chi connectivity index (χ1v) is 29.0. The highest BCUT2D eigenvalue weighted by Gasteiger charge is 2.37. The molecular formula is C58H87N15O15. The van der Waals surface area contributed by atoms with Crippen molar-refractivity contribution in [2.75, 3.05) is 19.8 Å². The average Bonchev–Trinajstić information content (AvgIpc) is 4.20. The highest BCUT2D eigenvalue weighted by molar-refractivity contribution is 5.98. The minimum Gasteiger partial charge on any atom is -0.481 e. The first-order chi connectivity index (χ1) is 41.5. The minimum absolute atomic E-state index is 0.00801. The van der Waals surface area contributed by atoms with Crippen LogP contribution in [0.15, 0.2) is 60.9 Å². The van der Waals surface area contributed by atoms with Gasteiger partial charge in [0, 0.05) is 53.6 Å². The van der Waals surface area contributed by atoms with Crippen LogP contribution in [0.2, 0.25) is 0 Å². The van der Waals surface area contributed by atoms with E-state index in [1.54, 1.807) is 82.6 Å². The number of para-hydroxylation sites is 2. The Hall–Kier alpha value is -8.71. The van der Waals surface area contributed by atoms with Crippen molar-refractivity contribution in [1.29, 1.82) is 5.41 Å². The van der Waals surface area contributed by atoms with Crippen molar-refractivity contribution in [2.24, 2.45) is 29.2 Å². The van der Waals surface area contributed by atoms with Gasteiger partial charge in [0.1, 0.15) is 48.5 Å². The molecule has 0 bridgehead atoms. The number of fused-ring (bicyclic) bond motifs is 2. The summed E-state index contributed by atoms with van der Waals surface area (Å²) in [4.78, 5) is 142. The molecular weight excluding hydrogens is 1150 g/mol. The van der Waals surface area contributed by atoms with Crippen molar-refractivity contribution in [3.8, 4) is 0 Å². The lowest BCUT2D eigenvalue weighted by Crippen LogP contribution is -2.62. The van der Waals surface area contributed by atoms with E-state index in [1.165, 1.54) is 20.8 Å². The van der Waals surface area contributed by atoms with Gasteiger partial charge in [0.05, 0.1) is 43.7 Å². The fourth-order valence-corrected chi connectivity index (χ4v) is 9.44. The Labute approximate surface area is 508 Å². The number of guanidine groups is 1. The van der Waals surface area contributed by atoms with Crippen LogP contribution in [0.5, 0.6) is 0 Å². The van der Waals surface area contributed by atoms with Crippen LogP contribution in [0.25, 0.3) is 21.8 Å². The van der Waals surface area contributed by atoms with E-state index >= 15 is 0 Å². The molecule has 12 atom stereocenters. The number of aromatic nitrogens is 2. The van der Waals surface area contributed by atoms with Gasteiger partial charge in [-0.05, 0) is 74.6 Å². The largest absolute Gasteiger partial charge is 0.481 e. The highest BCUT2D eigenvalue weighted by atomic mass is 16.4. The van der Waals surface area contributed by atoms with E-state index in [4.69, 9.17) is 16.9 Å². The number of aliphatic hydroxyl groups excluding tert-OH is 4. The quantitative estimate of drug-likeness (QED) is 0.00922. The number of H-pyrrole nitrogens is 2. The van der Waals surface area contributed by atoms with Gasteiger partial charge in [-0.15, -0.1) is 0 Å². The maximum Gasteiger partial charge on any atom is 0.305 e. The average molecular weight is 1230 g/mol. The van der Waals surface area contributed by atoms with Gasteiger partial charge in [0.2, 0.25) is 53.2 Å². The number of aromatic amines is 2. The van der Waals surface area contributed by atoms with E-state index in [1.807, 2.05) is 6.07 Å². The van der Waals surface area contributed by atoms with E-state index in [2.05, 4.69) is 63.1 Å². The molecule has 0 aliphatic rings. The molecule has 0 fully saturated rings. The molecule has 2 aromatic carbocycles. The number of hydrogen-bond acceptors (Lipinski definition) is 16. The lowest BCUT2D eigenvalue weighted by Gasteiger charge is -2.30. The molecule has 484 valence electrons. The molecule has 0 aliphatic carbocycles. The summed E-state index contributed by atoms with van der Waals surface area (Å²) in [6.07, 6.45) is -1.21. The Morgan fingerprint density at radius 3 is 1.48 bits per heavy atom. The monoisotopic (exact) mass is 1230 g/mol. The van der Waals surface area contributed by atoms with Crippen LogP contribution < -0.4 is 64.6 Å². The van der Waals surface area contributed by atoms with E-state index < -0.39 is 157 Å². The van der Waals surface area contributed by atoms with Crippen molar-refractivity contribution in [2.45, 2.75) is 160 Å². The van der Waals surface area contributed by atoms with Crippen molar-refractivity contribution in [3.63, 3.8) is 0 Å². The Morgan fingerprint density at radius 2 is 0.977 bits per heavy atom. The number of carbonyl (C=O) groups is 10. The van der Waals surface area contributed by atoms with E-state index in [-0.39, 0.29) is 56.9 Å². The Morgan fingerprint density at radius 1 is 0.534 bits per heavy atom. The third-order valence-corrected chi connectivity index (χ3v) is 14.3. The Bertz CT molecular complexity index is 3060. The molecule has 9 amide bonds. The van der Waals surface area contributed by atoms with Gasteiger partial charge < -0.3 is 94.8 Å². The summed E-state index contributed by atoms with van der Waals surface area (Å²) >= 11 is 0. The number of aliphatic carboxylic acids is 1. The first-order valence-electron chi connectivity index (χ1n) is 29.0. The number of carbonyl (C=O) groups excluding carboxylic acids is 9. The molecule has 0 saturated carbocycles. The summed E-state index contributed by atoms with van der Waals surface area (Å²) in [6, 6.07) is 0.957. The number of rotatable bonds is 37. The summed E-state index contributed by atoms with van der Waals surface area (Å²) in [6.45, 7) is 9.56. The first kappa shape index (κ1) is 71.8. The number of nitrogens with one attached hydrogen (secondary N) is 13. The third kappa shape index (κ3) is 22.2. The van der Waals surface area contributed by atoms with E-state index in [0.29, 0.717) is 22.0 Å². The number of nitrogens with two attached hydrogens (primary N) is 2. The van der Waals surface area contributed by atoms with Crippen LogP contribution in [0.4, 0.5) is 0 Å². The lowest BCUT2D eigenvalue weighted by atomic mass is 10.0. The van der Waals surface area contributed by atoms with Crippen molar-refractivity contribution < 1.29 is 73.5 Å². The number of benzene rings is 2. The summed E-state index contributed by atoms with van der Waals surface area (Å²) in [5.74, 6) is -11.6. The molecule has 30 nitrogen and oxygen atoms in total. The zero-order valence-corrected chi connectivity index (χ0v) is 50.4. The lowest BCUT2D eigenvalue weighted by molar-refractivity contribution is -0.140. The Kier molecular flexibility index (Phi) is 28.2. The van der Waals surface area contributed by atoms with Crippen LogP contribution in [0, 0.1) is 23.2 Å². The molecule has 0 saturated heterocycles. The molecule has 0 radical (unpaired) electrons. The number of hydrogen-bond donors (Lipinski definition) is 20. The van der Waals surface area contributed by atoms with Gasteiger partial charge in [0.25, 0.3) is 0 Å². The van der Waals surface area contributed by atoms with E-state index in [9.17, 15) is 73.5 Å². The van der Waals surface area contributed by atoms with Crippen LogP contribution in [-0.4, -0.2) is 187 Å². The zero-order chi connectivity index (χ0) is 65.5. The smallest absolute Gasteiger partial charge is 0.305 e. The maximum atomic E-state index is 14.7. The standard InChI is InChI=1S/C58H87N15O15/c1-28(2)19-41(52(83)65-31(6)50(81)69-42(20-29(3)4)53(84)67-40(48(59)79)23-46(77)78)71-57(88)47(32(7)76)73-55(86)44(22-34-25-64-38-16-11-9-14-36(34)38)70-51(82)39(17-12-18-62-58(60)61)66-56(87)45(27-75)72-54(85)43(68-49(80)30(5)26-74)21-33-24-63-37-15-10-8-13-35(33)37/h8-11,13-16,24-25,28-32,39-45,47,50,63-64,69,74-76,81H,12,17-23,26-27H2,1-7H3,(H2,59,79)(H,65,83)(H,66,87)(H,67,84)(H,68,80)(H,70,82)(H,71,88)(H,72,85)(H,73,86)(H,77,78)(H4,60,61,62)/t30-,31+,32+,39+,40+,41-,42-,43+,44-,45-,47+,50+/m1/s1. The number of amides is 9. The minimum atomic E-state index is -1.79. The van der Waals surface area contributed by atoms with Gasteiger partial charge in [-0.1, -0.05) is 71.0 Å². The van der Waals surface area contributed by atoms with Gasteiger partial charge in [-0.25, -0.2) is 0 Å². The number of carboxylic acids is 1. The molecule has 0 spiro atoms. The normalized spacial score (nSPS) is 15.6. The third-order valence-electron chi connectivity index (χ3n) is 14.3. The SMILES string of the molecule is CC(C)C[C@@H](NC(=O)[C@@H](NC(=O)[C@@H](Cc1c[nH]c2ccccc12)NC(=O)[C@H](CCCNC(=N)N)NC(=O)[C@@H](CO)NC(=O)[C@H](Cc1c[nH]c2ccccc12)NC(=O)[C@H](C)CO)[C@H](C)O)C(=O)N[C@@H](C)[C@H](O)N[C@H](CC(C)C)C(=O)N[C@@H](CC(=O)O)C(N)=O. The number of aliphatic hydroxyl groups is 4. The highest BCUT2D eigenvalue weighted by Crippen LogP contribution is 2.22. The molecule has 2 aromatic heterocycles. The summed E-state index contributed by atoms with van der Waals surface area (Å²) in [5.41, 5.74) is 13.3.